The highest BCUT2D eigenvalue weighted by Crippen LogP contribution is 2.39. The quantitative estimate of drug-likeness (QED) is 0.763. The highest BCUT2D eigenvalue weighted by Gasteiger charge is 2.42. The average Bonchev–Trinajstić information content (AvgIpc) is 3.29. The highest BCUT2D eigenvalue weighted by molar-refractivity contribution is 6.42. The first-order chi connectivity index (χ1) is 13.9. The van der Waals surface area contributed by atoms with Gasteiger partial charge in [0.2, 0.25) is 0 Å². The number of aromatic nitrogens is 2. The first kappa shape index (κ1) is 20.3. The molecule has 1 aromatic heterocycles. The van der Waals surface area contributed by atoms with Gasteiger partial charge < -0.3 is 10.2 Å². The number of halogens is 2. The average molecular weight is 440 g/mol. The second-order valence-electron chi connectivity index (χ2n) is 7.93. The number of hydrogen-bond acceptors (Lipinski definition) is 5. The molecule has 0 radical (unpaired) electrons. The largest absolute Gasteiger partial charge is 0.438 e. The van der Waals surface area contributed by atoms with E-state index in [1.165, 1.54) is 0 Å². The molecule has 1 spiro atoms. The van der Waals surface area contributed by atoms with Crippen molar-refractivity contribution in [2.24, 2.45) is 5.41 Å². The normalized spacial score (nSPS) is 22.3. The van der Waals surface area contributed by atoms with E-state index in [0.29, 0.717) is 15.9 Å². The lowest BCUT2D eigenvalue weighted by molar-refractivity contribution is 0.107. The van der Waals surface area contributed by atoms with E-state index in [2.05, 4.69) is 24.9 Å². The van der Waals surface area contributed by atoms with Crippen LogP contribution in [-0.4, -0.2) is 52.2 Å². The standard InChI is InChI=1S/C19H23Cl2N5O3/c20-14-3-2-13(8-15(14)21)10-25-7-5-19(11-25)4-1-6-26(12-19)17(27)22-9-16-23-18(28)29-24-16/h2-3,8H,1,4-7,9-12H2,(H,22,27)(H,23,24,28). The van der Waals surface area contributed by atoms with Gasteiger partial charge in [-0.2, -0.15) is 0 Å². The molecule has 8 nitrogen and oxygen atoms in total. The number of aromatic amines is 1. The van der Waals surface area contributed by atoms with Gasteiger partial charge in [0, 0.05) is 31.6 Å². The molecule has 2 fully saturated rings. The smallest absolute Gasteiger partial charge is 0.331 e. The summed E-state index contributed by atoms with van der Waals surface area (Å²) in [7, 11) is 0. The number of piperidine rings is 1. The van der Waals surface area contributed by atoms with Crippen molar-refractivity contribution in [3.8, 4) is 0 Å². The third-order valence-electron chi connectivity index (χ3n) is 5.75. The summed E-state index contributed by atoms with van der Waals surface area (Å²) >= 11 is 12.1. The van der Waals surface area contributed by atoms with Gasteiger partial charge in [0.15, 0.2) is 5.82 Å². The number of rotatable bonds is 4. The summed E-state index contributed by atoms with van der Waals surface area (Å²) in [6, 6.07) is 5.62. The van der Waals surface area contributed by atoms with E-state index < -0.39 is 5.76 Å². The van der Waals surface area contributed by atoms with E-state index in [9.17, 15) is 9.59 Å². The highest BCUT2D eigenvalue weighted by atomic mass is 35.5. The number of carbonyl (C=O) groups excluding carboxylic acids is 1. The van der Waals surface area contributed by atoms with Crippen LogP contribution in [-0.2, 0) is 13.1 Å². The van der Waals surface area contributed by atoms with E-state index in [1.807, 2.05) is 23.1 Å². The summed E-state index contributed by atoms with van der Waals surface area (Å²) in [4.78, 5) is 30.3. The van der Waals surface area contributed by atoms with Crippen molar-refractivity contribution >= 4 is 29.2 Å². The number of amides is 2. The Morgan fingerprint density at radius 1 is 1.24 bits per heavy atom. The molecule has 1 aromatic carbocycles. The van der Waals surface area contributed by atoms with E-state index in [4.69, 9.17) is 23.2 Å². The molecule has 4 rings (SSSR count). The van der Waals surface area contributed by atoms with Crippen LogP contribution in [0, 0.1) is 5.41 Å². The number of benzene rings is 1. The van der Waals surface area contributed by atoms with Crippen molar-refractivity contribution in [3.05, 3.63) is 50.2 Å². The minimum absolute atomic E-state index is 0.119. The summed E-state index contributed by atoms with van der Waals surface area (Å²) in [6.07, 6.45) is 3.16. The third-order valence-corrected chi connectivity index (χ3v) is 6.49. The molecule has 0 aliphatic carbocycles. The van der Waals surface area contributed by atoms with E-state index >= 15 is 0 Å². The minimum atomic E-state index is -0.626. The number of nitrogens with zero attached hydrogens (tertiary/aromatic N) is 3. The lowest BCUT2D eigenvalue weighted by atomic mass is 9.79. The molecule has 29 heavy (non-hydrogen) atoms. The summed E-state index contributed by atoms with van der Waals surface area (Å²) < 4.78 is 4.45. The zero-order chi connectivity index (χ0) is 20.4. The van der Waals surface area contributed by atoms with Gasteiger partial charge in [-0.1, -0.05) is 34.4 Å². The number of carbonyl (C=O) groups is 1. The zero-order valence-corrected chi connectivity index (χ0v) is 17.4. The second kappa shape index (κ2) is 8.38. The number of nitrogens with one attached hydrogen (secondary N) is 2. The molecule has 2 amide bonds. The molecule has 1 unspecified atom stereocenters. The molecule has 3 heterocycles. The monoisotopic (exact) mass is 439 g/mol. The topological polar surface area (TPSA) is 94.5 Å². The molecular weight excluding hydrogens is 417 g/mol. The fourth-order valence-corrected chi connectivity index (χ4v) is 4.70. The van der Waals surface area contributed by atoms with Crippen LogP contribution < -0.4 is 11.1 Å². The number of likely N-dealkylation sites (tertiary alicyclic amines) is 2. The minimum Gasteiger partial charge on any atom is -0.331 e. The van der Waals surface area contributed by atoms with Gasteiger partial charge in [0.05, 0.1) is 16.6 Å². The Labute approximate surface area is 178 Å². The second-order valence-corrected chi connectivity index (χ2v) is 8.75. The van der Waals surface area contributed by atoms with Crippen LogP contribution in [0.1, 0.15) is 30.7 Å². The van der Waals surface area contributed by atoms with Gasteiger partial charge in [-0.25, -0.2) is 9.59 Å². The van der Waals surface area contributed by atoms with Crippen molar-refractivity contribution in [1.82, 2.24) is 25.3 Å². The van der Waals surface area contributed by atoms with Gasteiger partial charge >= 0.3 is 11.8 Å². The molecule has 2 aromatic rings. The van der Waals surface area contributed by atoms with Crippen molar-refractivity contribution in [2.75, 3.05) is 26.2 Å². The van der Waals surface area contributed by atoms with Crippen molar-refractivity contribution < 1.29 is 9.32 Å². The fraction of sp³-hybridized carbons (Fsp3) is 0.526. The Morgan fingerprint density at radius 3 is 2.86 bits per heavy atom. The number of urea groups is 1. The van der Waals surface area contributed by atoms with Gasteiger partial charge in [-0.05, 0) is 43.5 Å². The predicted octanol–water partition coefficient (Wildman–Crippen LogP) is 2.87. The lowest BCUT2D eigenvalue weighted by Gasteiger charge is -2.40. The molecule has 2 aliphatic heterocycles. The van der Waals surface area contributed by atoms with Gasteiger partial charge in [0.1, 0.15) is 0 Å². The Morgan fingerprint density at radius 2 is 2.10 bits per heavy atom. The summed E-state index contributed by atoms with van der Waals surface area (Å²) in [5.41, 5.74) is 1.26. The van der Waals surface area contributed by atoms with Crippen LogP contribution in [0.15, 0.2) is 27.5 Å². The summed E-state index contributed by atoms with van der Waals surface area (Å²) in [5.74, 6) is -0.317. The molecule has 2 aliphatic rings. The first-order valence-electron chi connectivity index (χ1n) is 9.66. The SMILES string of the molecule is O=C(NCc1noc(=O)[nH]1)N1CCCC2(CCN(Cc3ccc(Cl)c(Cl)c3)C2)C1. The molecule has 2 N–H and O–H groups in total. The fourth-order valence-electron chi connectivity index (χ4n) is 4.38. The third kappa shape index (κ3) is 4.76. The molecule has 2 saturated heterocycles. The molecule has 0 bridgehead atoms. The Hall–Kier alpha value is -2.03. The number of H-pyrrole nitrogens is 1. The maximum atomic E-state index is 12.6. The maximum absolute atomic E-state index is 12.6. The van der Waals surface area contributed by atoms with Gasteiger partial charge in [0.25, 0.3) is 0 Å². The zero-order valence-electron chi connectivity index (χ0n) is 15.9. The molecule has 1 atom stereocenters. The first-order valence-corrected chi connectivity index (χ1v) is 10.4. The van der Waals surface area contributed by atoms with Gasteiger partial charge in [-0.3, -0.25) is 14.4 Å². The molecule has 10 heteroatoms. The Balaban J connectivity index is 1.33. The Bertz CT molecular complexity index is 946. The van der Waals surface area contributed by atoms with E-state index in [0.717, 1.165) is 57.5 Å². The van der Waals surface area contributed by atoms with Crippen LogP contribution in [0.4, 0.5) is 4.79 Å². The summed E-state index contributed by atoms with van der Waals surface area (Å²) in [5, 5.41) is 7.51. The van der Waals surface area contributed by atoms with Crippen LogP contribution >= 0.6 is 23.2 Å². The molecular formula is C19H23Cl2N5O3. The Kier molecular flexibility index (Phi) is 5.85. The number of hydrogen-bond donors (Lipinski definition) is 2. The van der Waals surface area contributed by atoms with Crippen molar-refractivity contribution in [2.45, 2.75) is 32.4 Å². The van der Waals surface area contributed by atoms with Crippen molar-refractivity contribution in [1.29, 1.82) is 0 Å². The maximum Gasteiger partial charge on any atom is 0.438 e. The molecule has 156 valence electrons. The van der Waals surface area contributed by atoms with Crippen LogP contribution in [0.2, 0.25) is 10.0 Å². The molecule has 0 saturated carbocycles. The van der Waals surface area contributed by atoms with Crippen LogP contribution in [0.25, 0.3) is 0 Å². The van der Waals surface area contributed by atoms with Crippen molar-refractivity contribution in [3.63, 3.8) is 0 Å². The predicted molar refractivity (Wildman–Crippen MR) is 109 cm³/mol. The van der Waals surface area contributed by atoms with E-state index in [-0.39, 0.29) is 18.0 Å². The van der Waals surface area contributed by atoms with Crippen LogP contribution in [0.3, 0.4) is 0 Å². The lowest BCUT2D eigenvalue weighted by Crippen LogP contribution is -2.50. The summed E-state index contributed by atoms with van der Waals surface area (Å²) in [6.45, 7) is 4.37. The van der Waals surface area contributed by atoms with Crippen LogP contribution in [0.5, 0.6) is 0 Å². The van der Waals surface area contributed by atoms with E-state index in [1.54, 1.807) is 0 Å². The van der Waals surface area contributed by atoms with Gasteiger partial charge in [-0.15, -0.1) is 0 Å².